The molecule has 3 heterocycles. The lowest BCUT2D eigenvalue weighted by molar-refractivity contribution is 0.0937. The molecule has 11 nitrogen and oxygen atoms in total. The van der Waals surface area contributed by atoms with Gasteiger partial charge in [-0.2, -0.15) is 15.1 Å². The van der Waals surface area contributed by atoms with Gasteiger partial charge in [0.15, 0.2) is 5.82 Å². The number of hydrogen-bond donors (Lipinski definition) is 2. The molecule has 0 aliphatic carbocycles. The molecule has 3 aromatic heterocycles. The summed E-state index contributed by atoms with van der Waals surface area (Å²) < 4.78 is 22.0. The maximum Gasteiger partial charge on any atom is 0.292 e. The third kappa shape index (κ3) is 4.90. The van der Waals surface area contributed by atoms with Crippen LogP contribution in [0.15, 0.2) is 35.4 Å². The topological polar surface area (TPSA) is 137 Å². The van der Waals surface area contributed by atoms with Gasteiger partial charge in [0, 0.05) is 25.2 Å². The number of anilines is 2. The van der Waals surface area contributed by atoms with E-state index in [-0.39, 0.29) is 35.1 Å². The molecule has 34 heavy (non-hydrogen) atoms. The van der Waals surface area contributed by atoms with E-state index in [4.69, 9.17) is 4.52 Å². The number of nitrogens with one attached hydrogen (secondary N) is 2. The zero-order valence-corrected chi connectivity index (χ0v) is 19.4. The van der Waals surface area contributed by atoms with Gasteiger partial charge >= 0.3 is 0 Å². The Morgan fingerprint density at radius 1 is 1.21 bits per heavy atom. The summed E-state index contributed by atoms with van der Waals surface area (Å²) in [5.41, 5.74) is 1.50. The maximum atomic E-state index is 15.2. The van der Waals surface area contributed by atoms with E-state index in [9.17, 15) is 4.79 Å². The molecule has 4 aromatic rings. The quantitative estimate of drug-likeness (QED) is 0.440. The summed E-state index contributed by atoms with van der Waals surface area (Å²) in [4.78, 5) is 29.0. The van der Waals surface area contributed by atoms with Crippen molar-refractivity contribution in [3.8, 4) is 11.4 Å². The zero-order valence-electron chi connectivity index (χ0n) is 19.4. The molecule has 0 fully saturated rings. The second kappa shape index (κ2) is 8.96. The summed E-state index contributed by atoms with van der Waals surface area (Å²) in [6.07, 6.45) is 4.69. The van der Waals surface area contributed by atoms with Crippen molar-refractivity contribution in [3.05, 3.63) is 59.5 Å². The van der Waals surface area contributed by atoms with E-state index in [1.165, 1.54) is 6.33 Å². The summed E-state index contributed by atoms with van der Waals surface area (Å²) >= 11 is 0. The number of carbonyl (C=O) groups excluding carboxylic acids is 1. The van der Waals surface area contributed by atoms with Gasteiger partial charge < -0.3 is 15.2 Å². The fourth-order valence-electron chi connectivity index (χ4n) is 3.07. The largest absolute Gasteiger partial charge is 0.345 e. The Kier molecular flexibility index (Phi) is 6.05. The van der Waals surface area contributed by atoms with E-state index in [1.807, 2.05) is 20.8 Å². The van der Waals surface area contributed by atoms with Crippen LogP contribution in [0.5, 0.6) is 0 Å². The number of aromatic nitrogens is 7. The fraction of sp³-hybridized carbons (Fsp3) is 0.318. The van der Waals surface area contributed by atoms with Crippen molar-refractivity contribution in [2.45, 2.75) is 39.7 Å². The van der Waals surface area contributed by atoms with E-state index >= 15 is 4.39 Å². The van der Waals surface area contributed by atoms with E-state index in [0.29, 0.717) is 22.7 Å². The van der Waals surface area contributed by atoms with Crippen LogP contribution in [0.1, 0.15) is 48.4 Å². The Morgan fingerprint density at radius 3 is 2.68 bits per heavy atom. The third-order valence-electron chi connectivity index (χ3n) is 4.98. The maximum absolute atomic E-state index is 15.2. The fourth-order valence-corrected chi connectivity index (χ4v) is 3.07. The predicted octanol–water partition coefficient (Wildman–Crippen LogP) is 3.07. The molecule has 12 heteroatoms. The van der Waals surface area contributed by atoms with E-state index in [1.54, 1.807) is 43.2 Å². The normalized spacial score (nSPS) is 11.5. The van der Waals surface area contributed by atoms with Gasteiger partial charge in [-0.15, -0.1) is 0 Å². The molecule has 0 atom stereocenters. The van der Waals surface area contributed by atoms with Gasteiger partial charge in [-0.25, -0.2) is 14.4 Å². The second-order valence-electron chi connectivity index (χ2n) is 8.73. The minimum absolute atomic E-state index is 0.0708. The number of aryl methyl sites for hydroxylation is 1. The molecule has 4 rings (SSSR count). The van der Waals surface area contributed by atoms with Crippen molar-refractivity contribution in [1.29, 1.82) is 0 Å². The molecule has 0 saturated carbocycles. The lowest BCUT2D eigenvalue weighted by Gasteiger charge is -2.11. The summed E-state index contributed by atoms with van der Waals surface area (Å²) in [7, 11) is 1.79. The molecule has 2 N–H and O–H groups in total. The summed E-state index contributed by atoms with van der Waals surface area (Å²) in [6, 6.07) is 3.28. The molecule has 176 valence electrons. The molecule has 0 unspecified atom stereocenters. The van der Waals surface area contributed by atoms with Gasteiger partial charge in [-0.1, -0.05) is 32.0 Å². The van der Waals surface area contributed by atoms with Crippen molar-refractivity contribution in [2.75, 3.05) is 5.32 Å². The molecule has 0 spiro atoms. The third-order valence-corrected chi connectivity index (χ3v) is 4.98. The highest BCUT2D eigenvalue weighted by atomic mass is 19.1. The van der Waals surface area contributed by atoms with E-state index < -0.39 is 11.7 Å². The van der Waals surface area contributed by atoms with Crippen LogP contribution >= 0.6 is 0 Å². The SMILES string of the molecule is Cc1c(CNC(=O)c2noc(C(C)(C)C)n2)ccc(-c2ncnc(Nc3cnn(C)c3)n2)c1F. The van der Waals surface area contributed by atoms with Crippen molar-refractivity contribution >= 4 is 17.5 Å². The highest BCUT2D eigenvalue weighted by Crippen LogP contribution is 2.25. The molecule has 0 saturated heterocycles. The first-order valence-corrected chi connectivity index (χ1v) is 10.5. The van der Waals surface area contributed by atoms with Crippen LogP contribution in [-0.4, -0.2) is 40.8 Å². The van der Waals surface area contributed by atoms with Crippen molar-refractivity contribution in [1.82, 2.24) is 40.2 Å². The van der Waals surface area contributed by atoms with Crippen molar-refractivity contribution < 1.29 is 13.7 Å². The number of rotatable bonds is 6. The monoisotopic (exact) mass is 465 g/mol. The molecule has 1 amide bonds. The zero-order chi connectivity index (χ0) is 24.5. The van der Waals surface area contributed by atoms with Crippen LogP contribution in [-0.2, 0) is 19.0 Å². The van der Waals surface area contributed by atoms with Crippen LogP contribution in [0.2, 0.25) is 0 Å². The smallest absolute Gasteiger partial charge is 0.292 e. The Balaban J connectivity index is 1.48. The molecule has 0 aliphatic rings. The van der Waals surface area contributed by atoms with E-state index in [0.717, 1.165) is 0 Å². The van der Waals surface area contributed by atoms with Crippen LogP contribution in [0.25, 0.3) is 11.4 Å². The van der Waals surface area contributed by atoms with Gasteiger partial charge in [0.25, 0.3) is 11.7 Å². The lowest BCUT2D eigenvalue weighted by atomic mass is 9.97. The highest BCUT2D eigenvalue weighted by molar-refractivity contribution is 5.90. The molecule has 1 aromatic carbocycles. The van der Waals surface area contributed by atoms with Gasteiger partial charge in [0.2, 0.25) is 11.8 Å². The van der Waals surface area contributed by atoms with Crippen molar-refractivity contribution in [3.63, 3.8) is 0 Å². The Labute approximate surface area is 194 Å². The molecule has 0 radical (unpaired) electrons. The second-order valence-corrected chi connectivity index (χ2v) is 8.73. The van der Waals surface area contributed by atoms with Crippen LogP contribution < -0.4 is 10.6 Å². The highest BCUT2D eigenvalue weighted by Gasteiger charge is 2.24. The first-order chi connectivity index (χ1) is 16.1. The minimum atomic E-state index is -0.508. The average molecular weight is 465 g/mol. The van der Waals surface area contributed by atoms with Gasteiger partial charge in [0.05, 0.1) is 17.4 Å². The molecular weight excluding hydrogens is 441 g/mol. The van der Waals surface area contributed by atoms with Crippen LogP contribution in [0.3, 0.4) is 0 Å². The first kappa shape index (κ1) is 23.0. The standard InChI is InChI=1S/C22H24FN9O2/c1-12-13(8-24-19(33)18-29-20(34-31-18)22(2,3)4)6-7-15(16(12)23)17-25-11-26-21(30-17)28-14-9-27-32(5)10-14/h6-7,9-11H,8H2,1-5H3,(H,24,33)(H,25,26,28,30). The minimum Gasteiger partial charge on any atom is -0.345 e. The first-order valence-electron chi connectivity index (χ1n) is 10.5. The average Bonchev–Trinajstić information content (AvgIpc) is 3.44. The number of amides is 1. The number of benzene rings is 1. The summed E-state index contributed by atoms with van der Waals surface area (Å²) in [6.45, 7) is 7.43. The number of nitrogens with zero attached hydrogens (tertiary/aromatic N) is 7. The van der Waals surface area contributed by atoms with Crippen LogP contribution in [0.4, 0.5) is 16.0 Å². The van der Waals surface area contributed by atoms with E-state index in [2.05, 4.69) is 40.8 Å². The predicted molar refractivity (Wildman–Crippen MR) is 121 cm³/mol. The molecule has 0 bridgehead atoms. The Bertz CT molecular complexity index is 1340. The Morgan fingerprint density at radius 2 is 2.00 bits per heavy atom. The van der Waals surface area contributed by atoms with Gasteiger partial charge in [0.1, 0.15) is 12.1 Å². The van der Waals surface area contributed by atoms with Crippen molar-refractivity contribution in [2.24, 2.45) is 7.05 Å². The Hall–Kier alpha value is -4.22. The lowest BCUT2D eigenvalue weighted by Crippen LogP contribution is -2.25. The van der Waals surface area contributed by atoms with Gasteiger partial charge in [-0.3, -0.25) is 9.48 Å². The van der Waals surface area contributed by atoms with Crippen LogP contribution in [0, 0.1) is 12.7 Å². The number of halogens is 1. The number of hydrogen-bond acceptors (Lipinski definition) is 9. The molecular formula is C22H24FN9O2. The summed E-state index contributed by atoms with van der Waals surface area (Å²) in [5.74, 6) is -0.260. The summed E-state index contributed by atoms with van der Waals surface area (Å²) in [5, 5.41) is 13.5. The molecule has 0 aliphatic heterocycles. The van der Waals surface area contributed by atoms with Gasteiger partial charge in [-0.05, 0) is 24.1 Å². The number of carbonyl (C=O) groups is 1.